The summed E-state index contributed by atoms with van der Waals surface area (Å²) in [6, 6.07) is 17.0. The zero-order valence-corrected chi connectivity index (χ0v) is 11.6. The third-order valence-electron chi connectivity index (χ3n) is 3.26. The number of H-pyrrole nitrogens is 1. The van der Waals surface area contributed by atoms with E-state index in [1.807, 2.05) is 54.6 Å². The lowest BCUT2D eigenvalue weighted by Gasteiger charge is -2.11. The van der Waals surface area contributed by atoms with Crippen LogP contribution < -0.4 is 10.3 Å². The van der Waals surface area contributed by atoms with Crippen molar-refractivity contribution in [1.29, 1.82) is 0 Å². The van der Waals surface area contributed by atoms with E-state index in [9.17, 15) is 4.79 Å². The summed E-state index contributed by atoms with van der Waals surface area (Å²) in [7, 11) is 1.57. The first kappa shape index (κ1) is 13.4. The lowest BCUT2D eigenvalue weighted by Crippen LogP contribution is -2.08. The van der Waals surface area contributed by atoms with E-state index in [1.54, 1.807) is 7.11 Å². The van der Waals surface area contributed by atoms with Crippen LogP contribution in [0.2, 0.25) is 0 Å². The molecule has 3 aromatic rings. The smallest absolute Gasteiger partial charge is 0.256 e. The quantitative estimate of drug-likeness (QED) is 0.747. The molecule has 0 aliphatic carbocycles. The van der Waals surface area contributed by atoms with Gasteiger partial charge in [0.2, 0.25) is 0 Å². The standard InChI is InChI=1S/C17H15NO3/c1-20-11-21-16-9-5-4-8-14(16)15-10-12-6-2-3-7-13(12)17(19)18-15/h2-10H,11H2,1H3,(H,18,19). The Labute approximate surface area is 122 Å². The first-order chi connectivity index (χ1) is 10.3. The maximum atomic E-state index is 12.2. The van der Waals surface area contributed by atoms with Crippen molar-refractivity contribution in [3.8, 4) is 17.0 Å². The summed E-state index contributed by atoms with van der Waals surface area (Å²) >= 11 is 0. The van der Waals surface area contributed by atoms with E-state index < -0.39 is 0 Å². The van der Waals surface area contributed by atoms with Crippen molar-refractivity contribution in [2.45, 2.75) is 0 Å². The summed E-state index contributed by atoms with van der Waals surface area (Å²) in [6.45, 7) is 0.162. The number of nitrogens with one attached hydrogen (secondary N) is 1. The Kier molecular flexibility index (Phi) is 3.71. The molecule has 0 aliphatic heterocycles. The van der Waals surface area contributed by atoms with Gasteiger partial charge in [0.25, 0.3) is 5.56 Å². The molecule has 0 saturated heterocycles. The van der Waals surface area contributed by atoms with Crippen LogP contribution in [0.25, 0.3) is 22.0 Å². The maximum Gasteiger partial charge on any atom is 0.256 e. The average Bonchev–Trinajstić information content (AvgIpc) is 2.53. The van der Waals surface area contributed by atoms with E-state index >= 15 is 0 Å². The van der Waals surface area contributed by atoms with Crippen molar-refractivity contribution in [3.05, 3.63) is 65.0 Å². The normalized spacial score (nSPS) is 10.7. The number of para-hydroxylation sites is 1. The molecule has 0 bridgehead atoms. The van der Waals surface area contributed by atoms with Gasteiger partial charge in [0.05, 0.1) is 5.69 Å². The fourth-order valence-electron chi connectivity index (χ4n) is 2.29. The molecule has 21 heavy (non-hydrogen) atoms. The van der Waals surface area contributed by atoms with Crippen molar-refractivity contribution in [2.75, 3.05) is 13.9 Å². The van der Waals surface area contributed by atoms with Crippen LogP contribution in [0.15, 0.2) is 59.4 Å². The predicted molar refractivity (Wildman–Crippen MR) is 82.5 cm³/mol. The third-order valence-corrected chi connectivity index (χ3v) is 3.26. The summed E-state index contributed by atoms with van der Waals surface area (Å²) in [5, 5.41) is 1.58. The molecule has 0 unspecified atom stereocenters. The molecular formula is C17H15NO3. The summed E-state index contributed by atoms with van der Waals surface area (Å²) in [4.78, 5) is 15.1. The van der Waals surface area contributed by atoms with Gasteiger partial charge < -0.3 is 14.5 Å². The second kappa shape index (κ2) is 5.81. The van der Waals surface area contributed by atoms with Crippen molar-refractivity contribution in [2.24, 2.45) is 0 Å². The maximum absolute atomic E-state index is 12.2. The van der Waals surface area contributed by atoms with Gasteiger partial charge >= 0.3 is 0 Å². The zero-order chi connectivity index (χ0) is 14.7. The molecule has 106 valence electrons. The molecule has 0 amide bonds. The first-order valence-corrected chi connectivity index (χ1v) is 6.63. The van der Waals surface area contributed by atoms with E-state index in [1.165, 1.54) is 0 Å². The summed E-state index contributed by atoms with van der Waals surface area (Å²) in [6.07, 6.45) is 0. The Balaban J connectivity index is 2.14. The number of aromatic nitrogens is 1. The number of ether oxygens (including phenoxy) is 2. The largest absolute Gasteiger partial charge is 0.467 e. The lowest BCUT2D eigenvalue weighted by molar-refractivity contribution is 0.0515. The highest BCUT2D eigenvalue weighted by atomic mass is 16.7. The highest BCUT2D eigenvalue weighted by Gasteiger charge is 2.08. The summed E-state index contributed by atoms with van der Waals surface area (Å²) in [5.41, 5.74) is 1.45. The fraction of sp³-hybridized carbons (Fsp3) is 0.118. The number of hydrogen-bond donors (Lipinski definition) is 1. The topological polar surface area (TPSA) is 51.3 Å². The van der Waals surface area contributed by atoms with Gasteiger partial charge in [-0.05, 0) is 29.7 Å². The highest BCUT2D eigenvalue weighted by molar-refractivity contribution is 5.85. The monoisotopic (exact) mass is 281 g/mol. The van der Waals surface area contributed by atoms with E-state index in [0.717, 1.165) is 16.6 Å². The van der Waals surface area contributed by atoms with Gasteiger partial charge in [0, 0.05) is 18.1 Å². The molecule has 0 saturated carbocycles. The lowest BCUT2D eigenvalue weighted by atomic mass is 10.1. The SMILES string of the molecule is COCOc1ccccc1-c1cc2ccccc2c(=O)[nH]1. The van der Waals surface area contributed by atoms with Crippen LogP contribution >= 0.6 is 0 Å². The second-order valence-electron chi connectivity index (χ2n) is 4.65. The molecule has 4 nitrogen and oxygen atoms in total. The van der Waals surface area contributed by atoms with Crippen molar-refractivity contribution < 1.29 is 9.47 Å². The van der Waals surface area contributed by atoms with Gasteiger partial charge in [-0.15, -0.1) is 0 Å². The molecular weight excluding hydrogens is 266 g/mol. The first-order valence-electron chi connectivity index (χ1n) is 6.63. The molecule has 0 spiro atoms. The Bertz CT molecular complexity index is 823. The van der Waals surface area contributed by atoms with Gasteiger partial charge in [0.15, 0.2) is 6.79 Å². The van der Waals surface area contributed by atoms with Gasteiger partial charge in [-0.3, -0.25) is 4.79 Å². The molecule has 0 fully saturated rings. The molecule has 0 radical (unpaired) electrons. The Hall–Kier alpha value is -2.59. The number of methoxy groups -OCH3 is 1. The summed E-state index contributed by atoms with van der Waals surface area (Å²) < 4.78 is 10.5. The van der Waals surface area contributed by atoms with Crippen molar-refractivity contribution in [3.63, 3.8) is 0 Å². The molecule has 3 rings (SSSR count). The number of hydrogen-bond acceptors (Lipinski definition) is 3. The van der Waals surface area contributed by atoms with Crippen molar-refractivity contribution >= 4 is 10.8 Å². The third kappa shape index (κ3) is 2.66. The minimum atomic E-state index is -0.107. The molecule has 0 atom stereocenters. The predicted octanol–water partition coefficient (Wildman–Crippen LogP) is 3.18. The Morgan fingerprint density at radius 2 is 1.81 bits per heavy atom. The molecule has 1 aromatic heterocycles. The zero-order valence-electron chi connectivity index (χ0n) is 11.6. The van der Waals surface area contributed by atoms with Crippen molar-refractivity contribution in [1.82, 2.24) is 4.98 Å². The van der Waals surface area contributed by atoms with Gasteiger partial charge in [-0.2, -0.15) is 0 Å². The van der Waals surface area contributed by atoms with Crippen LogP contribution in [0.5, 0.6) is 5.75 Å². The molecule has 1 heterocycles. The molecule has 1 N–H and O–H groups in total. The molecule has 4 heteroatoms. The number of fused-ring (bicyclic) bond motifs is 1. The minimum absolute atomic E-state index is 0.107. The number of rotatable bonds is 4. The molecule has 2 aromatic carbocycles. The Morgan fingerprint density at radius 3 is 2.67 bits per heavy atom. The van der Waals surface area contributed by atoms with Crippen LogP contribution in [0.3, 0.4) is 0 Å². The number of aromatic amines is 1. The van der Waals surface area contributed by atoms with Crippen LogP contribution in [0.4, 0.5) is 0 Å². The minimum Gasteiger partial charge on any atom is -0.467 e. The van der Waals surface area contributed by atoms with Crippen LogP contribution in [0, 0.1) is 0 Å². The highest BCUT2D eigenvalue weighted by Crippen LogP contribution is 2.29. The van der Waals surface area contributed by atoms with Gasteiger partial charge in [-0.1, -0.05) is 30.3 Å². The summed E-state index contributed by atoms with van der Waals surface area (Å²) in [5.74, 6) is 0.672. The van der Waals surface area contributed by atoms with Crippen LogP contribution in [-0.4, -0.2) is 18.9 Å². The van der Waals surface area contributed by atoms with Crippen LogP contribution in [-0.2, 0) is 4.74 Å². The Morgan fingerprint density at radius 1 is 1.05 bits per heavy atom. The van der Waals surface area contributed by atoms with Gasteiger partial charge in [-0.25, -0.2) is 0 Å². The van der Waals surface area contributed by atoms with Crippen LogP contribution in [0.1, 0.15) is 0 Å². The van der Waals surface area contributed by atoms with E-state index in [0.29, 0.717) is 11.1 Å². The van der Waals surface area contributed by atoms with E-state index in [2.05, 4.69) is 4.98 Å². The number of benzene rings is 2. The van der Waals surface area contributed by atoms with Gasteiger partial charge in [0.1, 0.15) is 5.75 Å². The van der Waals surface area contributed by atoms with E-state index in [4.69, 9.17) is 9.47 Å². The van der Waals surface area contributed by atoms with E-state index in [-0.39, 0.29) is 12.4 Å². The molecule has 0 aliphatic rings. The fourth-order valence-corrected chi connectivity index (χ4v) is 2.29. The number of pyridine rings is 1. The second-order valence-corrected chi connectivity index (χ2v) is 4.65. The average molecular weight is 281 g/mol.